The molecule has 1 aliphatic carbocycles. The van der Waals surface area contributed by atoms with Crippen LogP contribution < -0.4 is 0 Å². The zero-order valence-corrected chi connectivity index (χ0v) is 11.0. The molecule has 0 aliphatic heterocycles. The lowest BCUT2D eigenvalue weighted by molar-refractivity contribution is 0.0773. The van der Waals surface area contributed by atoms with Gasteiger partial charge in [0.25, 0.3) is 5.91 Å². The fourth-order valence-corrected chi connectivity index (χ4v) is 2.70. The van der Waals surface area contributed by atoms with E-state index in [1.165, 1.54) is 24.2 Å². The zero-order valence-electron chi connectivity index (χ0n) is 10.2. The Balaban J connectivity index is 2.14. The molecule has 4 heteroatoms. The summed E-state index contributed by atoms with van der Waals surface area (Å²) in [5.41, 5.74) is 0.815. The summed E-state index contributed by atoms with van der Waals surface area (Å²) in [6.07, 6.45) is 7.76. The maximum absolute atomic E-state index is 12.3. The number of hydrogen-bond donors (Lipinski definition) is 0. The van der Waals surface area contributed by atoms with Crippen LogP contribution in [0.25, 0.3) is 0 Å². The summed E-state index contributed by atoms with van der Waals surface area (Å²) < 4.78 is 0. The van der Waals surface area contributed by atoms with E-state index in [9.17, 15) is 4.79 Å². The fraction of sp³-hybridized carbons (Fsp3) is 0.538. The van der Waals surface area contributed by atoms with Gasteiger partial charge in [0, 0.05) is 6.54 Å². The third-order valence-corrected chi connectivity index (χ3v) is 3.90. The van der Waals surface area contributed by atoms with Gasteiger partial charge in [-0.1, -0.05) is 5.92 Å². The van der Waals surface area contributed by atoms with Crippen molar-refractivity contribution in [2.75, 3.05) is 13.1 Å². The topological polar surface area (TPSA) is 33.2 Å². The molecule has 1 amide bonds. The molecule has 0 radical (unpaired) electrons. The second kappa shape index (κ2) is 4.89. The molecule has 0 bridgehead atoms. The van der Waals surface area contributed by atoms with Crippen molar-refractivity contribution in [1.29, 1.82) is 0 Å². The number of aromatic nitrogens is 1. The molecule has 0 saturated heterocycles. The van der Waals surface area contributed by atoms with E-state index in [-0.39, 0.29) is 5.91 Å². The molecule has 1 heterocycles. The Morgan fingerprint density at radius 3 is 2.76 bits per heavy atom. The van der Waals surface area contributed by atoms with Gasteiger partial charge in [0.15, 0.2) is 0 Å². The van der Waals surface area contributed by atoms with E-state index in [0.717, 1.165) is 22.1 Å². The minimum absolute atomic E-state index is 0.0398. The molecule has 0 N–H and O–H groups in total. The van der Waals surface area contributed by atoms with Crippen molar-refractivity contribution in [3.8, 4) is 12.3 Å². The first-order valence-electron chi connectivity index (χ1n) is 5.78. The predicted molar refractivity (Wildman–Crippen MR) is 69.0 cm³/mol. The molecule has 0 spiro atoms. The van der Waals surface area contributed by atoms with Crippen LogP contribution in [0.1, 0.15) is 33.2 Å². The van der Waals surface area contributed by atoms with Crippen LogP contribution in [-0.4, -0.2) is 28.9 Å². The highest BCUT2D eigenvalue weighted by Gasteiger charge is 2.28. The Morgan fingerprint density at radius 2 is 2.29 bits per heavy atom. The van der Waals surface area contributed by atoms with Gasteiger partial charge in [0.05, 0.1) is 17.2 Å². The van der Waals surface area contributed by atoms with Crippen molar-refractivity contribution < 1.29 is 4.79 Å². The normalized spacial score (nSPS) is 14.4. The van der Waals surface area contributed by atoms with Gasteiger partial charge in [0.1, 0.15) is 4.88 Å². The molecule has 3 nitrogen and oxygen atoms in total. The smallest absolute Gasteiger partial charge is 0.266 e. The lowest BCUT2D eigenvalue weighted by Gasteiger charge is -2.19. The summed E-state index contributed by atoms with van der Waals surface area (Å²) >= 11 is 1.45. The van der Waals surface area contributed by atoms with Crippen LogP contribution >= 0.6 is 11.3 Å². The van der Waals surface area contributed by atoms with Crippen LogP contribution in [-0.2, 0) is 0 Å². The summed E-state index contributed by atoms with van der Waals surface area (Å²) in [7, 11) is 0. The van der Waals surface area contributed by atoms with Crippen molar-refractivity contribution >= 4 is 17.2 Å². The molecule has 1 saturated carbocycles. The molecule has 2 rings (SSSR count). The van der Waals surface area contributed by atoms with Crippen LogP contribution in [0.15, 0.2) is 0 Å². The maximum atomic E-state index is 12.3. The second-order valence-electron chi connectivity index (χ2n) is 4.48. The predicted octanol–water partition coefficient (Wildman–Crippen LogP) is 2.25. The Kier molecular flexibility index (Phi) is 3.49. The summed E-state index contributed by atoms with van der Waals surface area (Å²) in [5, 5.41) is 0.929. The van der Waals surface area contributed by atoms with E-state index in [4.69, 9.17) is 6.42 Å². The number of hydrogen-bond acceptors (Lipinski definition) is 3. The van der Waals surface area contributed by atoms with Crippen molar-refractivity contribution in [2.45, 2.75) is 26.7 Å². The minimum Gasteiger partial charge on any atom is -0.326 e. The molecule has 90 valence electrons. The first-order chi connectivity index (χ1) is 8.11. The maximum Gasteiger partial charge on any atom is 0.266 e. The molecule has 17 heavy (non-hydrogen) atoms. The third kappa shape index (κ3) is 2.86. The van der Waals surface area contributed by atoms with Crippen LogP contribution in [0.2, 0.25) is 0 Å². The molecule has 1 aromatic rings. The van der Waals surface area contributed by atoms with Crippen LogP contribution in [0.3, 0.4) is 0 Å². The van der Waals surface area contributed by atoms with Crippen LogP contribution in [0.5, 0.6) is 0 Å². The first-order valence-corrected chi connectivity index (χ1v) is 6.60. The molecule has 1 aromatic heterocycles. The summed E-state index contributed by atoms with van der Waals surface area (Å²) in [4.78, 5) is 19.1. The molecular weight excluding hydrogens is 232 g/mol. The van der Waals surface area contributed by atoms with E-state index >= 15 is 0 Å². The van der Waals surface area contributed by atoms with Crippen molar-refractivity contribution in [1.82, 2.24) is 9.88 Å². The van der Waals surface area contributed by atoms with Crippen molar-refractivity contribution in [2.24, 2.45) is 5.92 Å². The van der Waals surface area contributed by atoms with Gasteiger partial charge in [-0.25, -0.2) is 4.98 Å². The van der Waals surface area contributed by atoms with Gasteiger partial charge in [0.2, 0.25) is 0 Å². The van der Waals surface area contributed by atoms with Crippen LogP contribution in [0.4, 0.5) is 0 Å². The van der Waals surface area contributed by atoms with Crippen molar-refractivity contribution in [3.05, 3.63) is 15.6 Å². The molecule has 1 fully saturated rings. The number of carbonyl (C=O) groups is 1. The second-order valence-corrected chi connectivity index (χ2v) is 5.68. The number of rotatable bonds is 4. The van der Waals surface area contributed by atoms with E-state index in [0.29, 0.717) is 12.5 Å². The summed E-state index contributed by atoms with van der Waals surface area (Å²) in [5.74, 6) is 3.26. The highest BCUT2D eigenvalue weighted by molar-refractivity contribution is 7.13. The number of carbonyl (C=O) groups excluding carboxylic acids is 1. The Hall–Kier alpha value is -1.34. The monoisotopic (exact) mass is 248 g/mol. The Morgan fingerprint density at radius 1 is 1.59 bits per heavy atom. The standard InChI is InChI=1S/C13H16N2OS/c1-4-7-15(8-11-5-6-11)13(16)12-9(2)14-10(3)17-12/h1,11H,5-8H2,2-3H3. The largest absolute Gasteiger partial charge is 0.326 e. The molecule has 0 atom stereocenters. The summed E-state index contributed by atoms with van der Waals surface area (Å²) in [6.45, 7) is 4.98. The minimum atomic E-state index is 0.0398. The number of amides is 1. The molecule has 0 unspecified atom stereocenters. The lowest BCUT2D eigenvalue weighted by Crippen LogP contribution is -2.33. The van der Waals surface area contributed by atoms with Gasteiger partial charge in [-0.2, -0.15) is 0 Å². The zero-order chi connectivity index (χ0) is 12.4. The van der Waals surface area contributed by atoms with E-state index in [1.54, 1.807) is 4.90 Å². The fourth-order valence-electron chi connectivity index (χ4n) is 1.81. The average molecular weight is 248 g/mol. The van der Waals surface area contributed by atoms with Gasteiger partial charge in [-0.15, -0.1) is 17.8 Å². The van der Waals surface area contributed by atoms with Gasteiger partial charge >= 0.3 is 0 Å². The van der Waals surface area contributed by atoms with E-state index < -0.39 is 0 Å². The molecule has 1 aliphatic rings. The Bertz CT molecular complexity index is 468. The van der Waals surface area contributed by atoms with Crippen LogP contribution in [0, 0.1) is 32.1 Å². The van der Waals surface area contributed by atoms with Gasteiger partial charge in [-0.05, 0) is 32.6 Å². The molecular formula is C13H16N2OS. The number of terminal acetylenes is 1. The SMILES string of the molecule is C#CCN(CC1CC1)C(=O)c1sc(C)nc1C. The van der Waals surface area contributed by atoms with E-state index in [2.05, 4.69) is 10.9 Å². The Labute approximate surface area is 106 Å². The number of aryl methyl sites for hydroxylation is 2. The first kappa shape index (κ1) is 12.1. The average Bonchev–Trinajstić information content (AvgIpc) is 3.02. The third-order valence-electron chi connectivity index (χ3n) is 2.84. The van der Waals surface area contributed by atoms with Gasteiger partial charge < -0.3 is 4.90 Å². The molecule has 0 aromatic carbocycles. The number of nitrogens with zero attached hydrogens (tertiary/aromatic N) is 2. The highest BCUT2D eigenvalue weighted by atomic mass is 32.1. The highest BCUT2D eigenvalue weighted by Crippen LogP contribution is 2.30. The lowest BCUT2D eigenvalue weighted by atomic mass is 10.3. The summed E-state index contributed by atoms with van der Waals surface area (Å²) in [6, 6.07) is 0. The van der Waals surface area contributed by atoms with Gasteiger partial charge in [-0.3, -0.25) is 4.79 Å². The quantitative estimate of drug-likeness (QED) is 0.766. The van der Waals surface area contributed by atoms with E-state index in [1.807, 2.05) is 13.8 Å². The van der Waals surface area contributed by atoms with Crippen molar-refractivity contribution in [3.63, 3.8) is 0 Å². The number of thiazole rings is 1.